The highest BCUT2D eigenvalue weighted by molar-refractivity contribution is 7.98. The summed E-state index contributed by atoms with van der Waals surface area (Å²) in [6.45, 7) is 6.39. The SMILES string of the molecule is CSc1ccc(-c2nc3cc(C(=O)NC4CCC(N)CC4)ccn3c2NC(C)(C)C)cc1. The number of nitrogens with two attached hydrogens (primary N) is 1. The Morgan fingerprint density at radius 1 is 1.12 bits per heavy atom. The molecule has 0 saturated heterocycles. The van der Waals surface area contributed by atoms with Crippen LogP contribution in [-0.2, 0) is 0 Å². The van der Waals surface area contributed by atoms with Crippen LogP contribution >= 0.6 is 11.8 Å². The summed E-state index contributed by atoms with van der Waals surface area (Å²) < 4.78 is 2.03. The van der Waals surface area contributed by atoms with E-state index in [-0.39, 0.29) is 23.5 Å². The van der Waals surface area contributed by atoms with Crippen molar-refractivity contribution in [3.8, 4) is 11.3 Å². The van der Waals surface area contributed by atoms with E-state index < -0.39 is 0 Å². The molecule has 1 saturated carbocycles. The number of amides is 1. The van der Waals surface area contributed by atoms with Gasteiger partial charge in [-0.15, -0.1) is 11.8 Å². The van der Waals surface area contributed by atoms with E-state index in [4.69, 9.17) is 10.7 Å². The van der Waals surface area contributed by atoms with E-state index in [2.05, 4.69) is 61.9 Å². The minimum absolute atomic E-state index is 0.0489. The van der Waals surface area contributed by atoms with Crippen molar-refractivity contribution in [3.05, 3.63) is 48.2 Å². The fourth-order valence-electron chi connectivity index (χ4n) is 4.14. The Kier molecular flexibility index (Phi) is 6.49. The third-order valence-corrected chi connectivity index (χ3v) is 6.60. The molecule has 2 aromatic heterocycles. The molecule has 170 valence electrons. The second kappa shape index (κ2) is 9.16. The smallest absolute Gasteiger partial charge is 0.251 e. The molecule has 1 aromatic carbocycles. The molecule has 7 heteroatoms. The first-order chi connectivity index (χ1) is 15.2. The van der Waals surface area contributed by atoms with E-state index in [1.807, 2.05) is 22.7 Å². The van der Waals surface area contributed by atoms with Gasteiger partial charge in [0.15, 0.2) is 0 Å². The molecule has 1 aliphatic rings. The Morgan fingerprint density at radius 3 is 2.44 bits per heavy atom. The summed E-state index contributed by atoms with van der Waals surface area (Å²) in [5, 5.41) is 6.78. The van der Waals surface area contributed by atoms with Crippen molar-refractivity contribution >= 4 is 29.1 Å². The molecule has 1 amide bonds. The average Bonchev–Trinajstić information content (AvgIpc) is 3.11. The van der Waals surface area contributed by atoms with Crippen molar-refractivity contribution in [2.45, 2.75) is 69.0 Å². The Hall–Kier alpha value is -2.51. The van der Waals surface area contributed by atoms with Crippen LogP contribution in [0.2, 0.25) is 0 Å². The number of thioether (sulfide) groups is 1. The highest BCUT2D eigenvalue weighted by Gasteiger charge is 2.23. The number of anilines is 1. The molecule has 0 bridgehead atoms. The summed E-state index contributed by atoms with van der Waals surface area (Å²) in [7, 11) is 0. The fraction of sp³-hybridized carbons (Fsp3) is 0.440. The second-order valence-corrected chi connectivity index (χ2v) is 10.5. The van der Waals surface area contributed by atoms with Crippen LogP contribution < -0.4 is 16.4 Å². The van der Waals surface area contributed by atoms with Crippen LogP contribution in [0.15, 0.2) is 47.5 Å². The monoisotopic (exact) mass is 451 g/mol. The van der Waals surface area contributed by atoms with Crippen LogP contribution in [0.25, 0.3) is 16.9 Å². The molecule has 6 nitrogen and oxygen atoms in total. The summed E-state index contributed by atoms with van der Waals surface area (Å²) in [6, 6.07) is 12.6. The number of nitrogens with zero attached hydrogens (tertiary/aromatic N) is 2. The van der Waals surface area contributed by atoms with Gasteiger partial charge in [-0.3, -0.25) is 9.20 Å². The van der Waals surface area contributed by atoms with Crippen LogP contribution in [0.1, 0.15) is 56.8 Å². The number of carbonyl (C=O) groups excluding carboxylic acids is 1. The number of imidazole rings is 1. The molecular formula is C25H33N5OS. The second-order valence-electron chi connectivity index (χ2n) is 9.64. The molecule has 0 unspecified atom stereocenters. The third kappa shape index (κ3) is 5.10. The minimum Gasteiger partial charge on any atom is -0.365 e. The van der Waals surface area contributed by atoms with E-state index >= 15 is 0 Å². The number of hydrogen-bond acceptors (Lipinski definition) is 5. The first kappa shape index (κ1) is 22.7. The fourth-order valence-corrected chi connectivity index (χ4v) is 4.55. The lowest BCUT2D eigenvalue weighted by atomic mass is 9.91. The molecule has 0 spiro atoms. The topological polar surface area (TPSA) is 84.5 Å². The van der Waals surface area contributed by atoms with E-state index in [1.54, 1.807) is 11.8 Å². The van der Waals surface area contributed by atoms with Crippen molar-refractivity contribution < 1.29 is 4.79 Å². The quantitative estimate of drug-likeness (QED) is 0.479. The number of carbonyl (C=O) groups is 1. The van der Waals surface area contributed by atoms with Gasteiger partial charge in [-0.25, -0.2) is 4.98 Å². The van der Waals surface area contributed by atoms with Gasteiger partial charge in [0, 0.05) is 39.8 Å². The van der Waals surface area contributed by atoms with Gasteiger partial charge in [0.2, 0.25) is 0 Å². The lowest BCUT2D eigenvalue weighted by molar-refractivity contribution is 0.0926. The Bertz CT molecular complexity index is 1090. The van der Waals surface area contributed by atoms with Crippen LogP contribution in [0.5, 0.6) is 0 Å². The molecule has 4 N–H and O–H groups in total. The summed E-state index contributed by atoms with van der Waals surface area (Å²) in [6.07, 6.45) is 7.81. The Morgan fingerprint density at radius 2 is 1.81 bits per heavy atom. The highest BCUT2D eigenvalue weighted by atomic mass is 32.2. The minimum atomic E-state index is -0.137. The predicted molar refractivity (Wildman–Crippen MR) is 133 cm³/mol. The summed E-state index contributed by atoms with van der Waals surface area (Å²) in [5.74, 6) is 0.879. The molecule has 4 rings (SSSR count). The van der Waals surface area contributed by atoms with Gasteiger partial charge < -0.3 is 16.4 Å². The number of nitrogens with one attached hydrogen (secondary N) is 2. The molecule has 0 radical (unpaired) electrons. The number of pyridine rings is 1. The maximum Gasteiger partial charge on any atom is 0.251 e. The molecule has 3 aromatic rings. The van der Waals surface area contributed by atoms with Crippen LogP contribution in [0.3, 0.4) is 0 Å². The zero-order chi connectivity index (χ0) is 22.9. The number of benzene rings is 1. The molecule has 1 aliphatic carbocycles. The molecule has 0 atom stereocenters. The van der Waals surface area contributed by atoms with Crippen molar-refractivity contribution in [2.75, 3.05) is 11.6 Å². The molecule has 1 fully saturated rings. The lowest BCUT2D eigenvalue weighted by Gasteiger charge is -2.26. The zero-order valence-corrected chi connectivity index (χ0v) is 20.1. The van der Waals surface area contributed by atoms with Crippen LogP contribution in [0.4, 0.5) is 5.82 Å². The van der Waals surface area contributed by atoms with Gasteiger partial charge in [0.25, 0.3) is 5.91 Å². The number of aromatic nitrogens is 2. The molecular weight excluding hydrogens is 418 g/mol. The first-order valence-corrected chi connectivity index (χ1v) is 12.5. The van der Waals surface area contributed by atoms with Gasteiger partial charge in [0.05, 0.1) is 0 Å². The maximum absolute atomic E-state index is 12.9. The summed E-state index contributed by atoms with van der Waals surface area (Å²) >= 11 is 1.72. The van der Waals surface area contributed by atoms with Gasteiger partial charge in [-0.05, 0) is 77.0 Å². The van der Waals surface area contributed by atoms with Crippen LogP contribution in [0, 0.1) is 0 Å². The van der Waals surface area contributed by atoms with E-state index in [0.29, 0.717) is 5.56 Å². The highest BCUT2D eigenvalue weighted by Crippen LogP contribution is 2.32. The average molecular weight is 452 g/mol. The Labute approximate surface area is 194 Å². The van der Waals surface area contributed by atoms with Gasteiger partial charge >= 0.3 is 0 Å². The number of fused-ring (bicyclic) bond motifs is 1. The molecule has 32 heavy (non-hydrogen) atoms. The first-order valence-electron chi connectivity index (χ1n) is 11.2. The number of hydrogen-bond donors (Lipinski definition) is 3. The van der Waals surface area contributed by atoms with Gasteiger partial charge in [-0.1, -0.05) is 12.1 Å². The molecule has 2 heterocycles. The van der Waals surface area contributed by atoms with E-state index in [9.17, 15) is 4.79 Å². The third-order valence-electron chi connectivity index (χ3n) is 5.85. The predicted octanol–water partition coefficient (Wildman–Crippen LogP) is 4.93. The van der Waals surface area contributed by atoms with Crippen molar-refractivity contribution in [2.24, 2.45) is 5.73 Å². The van der Waals surface area contributed by atoms with Crippen molar-refractivity contribution in [1.82, 2.24) is 14.7 Å². The van der Waals surface area contributed by atoms with E-state index in [1.165, 1.54) is 4.90 Å². The maximum atomic E-state index is 12.9. The van der Waals surface area contributed by atoms with Crippen molar-refractivity contribution in [3.63, 3.8) is 0 Å². The normalized spacial score (nSPS) is 19.2. The lowest BCUT2D eigenvalue weighted by Crippen LogP contribution is -2.40. The molecule has 0 aliphatic heterocycles. The van der Waals surface area contributed by atoms with Crippen molar-refractivity contribution in [1.29, 1.82) is 0 Å². The standard InChI is InChI=1S/C25H33N5OS/c1-25(2,3)29-23-22(16-5-11-20(32-4)12-6-16)28-21-15-17(13-14-30(21)23)24(31)27-19-9-7-18(26)8-10-19/h5-6,11-15,18-19,29H,7-10,26H2,1-4H3,(H,27,31). The largest absolute Gasteiger partial charge is 0.365 e. The number of rotatable bonds is 5. The zero-order valence-electron chi connectivity index (χ0n) is 19.3. The summed E-state index contributed by atoms with van der Waals surface area (Å²) in [4.78, 5) is 19.0. The Balaban J connectivity index is 1.67. The van der Waals surface area contributed by atoms with Crippen LogP contribution in [-0.4, -0.2) is 39.2 Å². The van der Waals surface area contributed by atoms with Gasteiger partial charge in [-0.2, -0.15) is 0 Å². The van der Waals surface area contributed by atoms with Gasteiger partial charge in [0.1, 0.15) is 17.2 Å². The summed E-state index contributed by atoms with van der Waals surface area (Å²) in [5.41, 5.74) is 9.16. The van der Waals surface area contributed by atoms with E-state index in [0.717, 1.165) is 48.4 Å².